The number of aromatic nitrogens is 2. The van der Waals surface area contributed by atoms with E-state index < -0.39 is 12.0 Å². The number of alkyl halides is 3. The summed E-state index contributed by atoms with van der Waals surface area (Å²) in [5.41, 5.74) is 0. The molecule has 0 spiro atoms. The van der Waals surface area contributed by atoms with E-state index in [9.17, 15) is 13.2 Å². The van der Waals surface area contributed by atoms with Gasteiger partial charge in [-0.05, 0) is 12.5 Å². The Morgan fingerprint density at radius 3 is 2.62 bits per heavy atom. The number of hydrogen-bond donors (Lipinski definition) is 0. The van der Waals surface area contributed by atoms with Gasteiger partial charge in [0.05, 0.1) is 0 Å². The third kappa shape index (κ3) is 1.99. The van der Waals surface area contributed by atoms with E-state index in [0.717, 1.165) is 11.3 Å². The van der Waals surface area contributed by atoms with Gasteiger partial charge in [0.15, 0.2) is 0 Å². The van der Waals surface area contributed by atoms with E-state index in [-0.39, 0.29) is 9.98 Å². The Kier molecular flexibility index (Phi) is 2.79. The molecule has 2 aromatic heterocycles. The molecule has 0 N–H and O–H groups in total. The maximum atomic E-state index is 12.4. The minimum atomic E-state index is -4.56. The van der Waals surface area contributed by atoms with Crippen LogP contribution >= 0.6 is 22.9 Å². The fourth-order valence-corrected chi connectivity index (χ4v) is 2.48. The first kappa shape index (κ1) is 11.6. The van der Waals surface area contributed by atoms with E-state index >= 15 is 0 Å². The van der Waals surface area contributed by atoms with Crippen molar-refractivity contribution in [2.24, 2.45) is 0 Å². The fraction of sp³-hybridized carbons (Fsp3) is 0.333. The van der Waals surface area contributed by atoms with Gasteiger partial charge in [-0.3, -0.25) is 0 Å². The molecule has 0 atom stereocenters. The molecule has 16 heavy (non-hydrogen) atoms. The SMILES string of the molecule is CCc1cc2c(Cl)nc(C(F)(F)F)nc2s1. The van der Waals surface area contributed by atoms with E-state index in [0.29, 0.717) is 5.39 Å². The van der Waals surface area contributed by atoms with Crippen LogP contribution in [0.2, 0.25) is 5.15 Å². The summed E-state index contributed by atoms with van der Waals surface area (Å²) in [5, 5.41) is 0.338. The smallest absolute Gasteiger partial charge is 0.213 e. The normalized spacial score (nSPS) is 12.3. The summed E-state index contributed by atoms with van der Waals surface area (Å²) in [6, 6.07) is 1.72. The maximum absolute atomic E-state index is 12.4. The Balaban J connectivity index is 2.67. The van der Waals surface area contributed by atoms with Crippen molar-refractivity contribution in [1.82, 2.24) is 9.97 Å². The van der Waals surface area contributed by atoms with Gasteiger partial charge in [0.25, 0.3) is 0 Å². The number of rotatable bonds is 1. The first-order valence-electron chi connectivity index (χ1n) is 4.45. The van der Waals surface area contributed by atoms with E-state index in [1.165, 1.54) is 11.3 Å². The van der Waals surface area contributed by atoms with Gasteiger partial charge in [0, 0.05) is 10.3 Å². The summed E-state index contributed by atoms with van der Waals surface area (Å²) < 4.78 is 37.2. The molecule has 0 radical (unpaired) electrons. The highest BCUT2D eigenvalue weighted by Gasteiger charge is 2.35. The van der Waals surface area contributed by atoms with Crippen LogP contribution in [0.25, 0.3) is 10.2 Å². The quantitative estimate of drug-likeness (QED) is 0.731. The van der Waals surface area contributed by atoms with Crippen LogP contribution in [0.5, 0.6) is 0 Å². The molecular formula is C9H6ClF3N2S. The van der Waals surface area contributed by atoms with E-state index in [4.69, 9.17) is 11.6 Å². The zero-order valence-electron chi connectivity index (χ0n) is 8.10. The third-order valence-electron chi connectivity index (χ3n) is 2.00. The average molecular weight is 267 g/mol. The molecule has 0 fully saturated rings. The van der Waals surface area contributed by atoms with Gasteiger partial charge in [0.2, 0.25) is 5.82 Å². The summed E-state index contributed by atoms with van der Waals surface area (Å²) in [6.45, 7) is 1.91. The van der Waals surface area contributed by atoms with Crippen LogP contribution < -0.4 is 0 Å². The van der Waals surface area contributed by atoms with Gasteiger partial charge in [0.1, 0.15) is 9.98 Å². The number of fused-ring (bicyclic) bond motifs is 1. The van der Waals surface area contributed by atoms with Crippen molar-refractivity contribution in [3.05, 3.63) is 21.9 Å². The summed E-state index contributed by atoms with van der Waals surface area (Å²) in [6.07, 6.45) is -3.83. The first-order valence-corrected chi connectivity index (χ1v) is 5.64. The Hall–Kier alpha value is -0.880. The van der Waals surface area contributed by atoms with Gasteiger partial charge in [-0.15, -0.1) is 11.3 Å². The molecule has 2 rings (SSSR count). The van der Waals surface area contributed by atoms with Crippen LogP contribution in [0.15, 0.2) is 6.07 Å². The zero-order valence-corrected chi connectivity index (χ0v) is 9.67. The molecule has 2 heterocycles. The predicted molar refractivity (Wildman–Crippen MR) is 56.8 cm³/mol. The van der Waals surface area contributed by atoms with Crippen LogP contribution in [-0.2, 0) is 12.6 Å². The Labute approximate surface area is 98.1 Å². The standard InChI is InChI=1S/C9H6ClF3N2S/c1-2-4-3-5-6(10)14-8(9(11,12)13)15-7(5)16-4/h3H,2H2,1H3. The number of nitrogens with zero attached hydrogens (tertiary/aromatic N) is 2. The predicted octanol–water partition coefficient (Wildman–Crippen LogP) is 3.93. The number of aryl methyl sites for hydroxylation is 1. The van der Waals surface area contributed by atoms with Gasteiger partial charge >= 0.3 is 6.18 Å². The molecule has 0 saturated carbocycles. The summed E-state index contributed by atoms with van der Waals surface area (Å²) in [7, 11) is 0. The van der Waals surface area contributed by atoms with Crippen molar-refractivity contribution in [3.63, 3.8) is 0 Å². The molecule has 0 bridgehead atoms. The molecule has 0 aliphatic heterocycles. The fourth-order valence-electron chi connectivity index (χ4n) is 1.24. The van der Waals surface area contributed by atoms with Gasteiger partial charge < -0.3 is 0 Å². The number of halogens is 4. The molecule has 0 amide bonds. The van der Waals surface area contributed by atoms with Crippen LogP contribution in [-0.4, -0.2) is 9.97 Å². The Morgan fingerprint density at radius 2 is 2.06 bits per heavy atom. The molecule has 0 unspecified atom stereocenters. The van der Waals surface area contributed by atoms with Crippen molar-refractivity contribution in [2.75, 3.05) is 0 Å². The highest BCUT2D eigenvalue weighted by molar-refractivity contribution is 7.18. The molecule has 0 aromatic carbocycles. The van der Waals surface area contributed by atoms with Crippen molar-refractivity contribution in [2.45, 2.75) is 19.5 Å². The first-order chi connectivity index (χ1) is 7.41. The summed E-state index contributed by atoms with van der Waals surface area (Å²) in [4.78, 5) is 7.95. The van der Waals surface area contributed by atoms with Crippen molar-refractivity contribution in [3.8, 4) is 0 Å². The lowest BCUT2D eigenvalue weighted by atomic mass is 10.3. The van der Waals surface area contributed by atoms with Crippen molar-refractivity contribution >= 4 is 33.2 Å². The van der Waals surface area contributed by atoms with Crippen LogP contribution in [0, 0.1) is 0 Å². The van der Waals surface area contributed by atoms with Crippen LogP contribution in [0.1, 0.15) is 17.6 Å². The van der Waals surface area contributed by atoms with Gasteiger partial charge in [-0.1, -0.05) is 18.5 Å². The molecule has 7 heteroatoms. The minimum Gasteiger partial charge on any atom is -0.213 e. The molecule has 2 nitrogen and oxygen atoms in total. The zero-order chi connectivity index (χ0) is 11.9. The molecule has 0 aliphatic rings. The lowest BCUT2D eigenvalue weighted by Crippen LogP contribution is -2.10. The largest absolute Gasteiger partial charge is 0.451 e. The minimum absolute atomic E-state index is 0.145. The molecule has 2 aromatic rings. The molecule has 86 valence electrons. The third-order valence-corrected chi connectivity index (χ3v) is 3.46. The Morgan fingerprint density at radius 1 is 1.38 bits per heavy atom. The maximum Gasteiger partial charge on any atom is 0.451 e. The second kappa shape index (κ2) is 3.85. The summed E-state index contributed by atoms with van der Waals surface area (Å²) in [5.74, 6) is -1.19. The average Bonchev–Trinajstić information content (AvgIpc) is 2.59. The second-order valence-electron chi connectivity index (χ2n) is 3.12. The topological polar surface area (TPSA) is 25.8 Å². The van der Waals surface area contributed by atoms with E-state index in [2.05, 4.69) is 9.97 Å². The second-order valence-corrected chi connectivity index (χ2v) is 4.59. The lowest BCUT2D eigenvalue weighted by molar-refractivity contribution is -0.144. The van der Waals surface area contributed by atoms with E-state index in [1.807, 2.05) is 6.92 Å². The van der Waals surface area contributed by atoms with Crippen molar-refractivity contribution in [1.29, 1.82) is 0 Å². The number of thiophene rings is 1. The van der Waals surface area contributed by atoms with Gasteiger partial charge in [-0.2, -0.15) is 13.2 Å². The molecule has 0 saturated heterocycles. The molecule has 0 aliphatic carbocycles. The Bertz CT molecular complexity index is 535. The van der Waals surface area contributed by atoms with Crippen molar-refractivity contribution < 1.29 is 13.2 Å². The highest BCUT2D eigenvalue weighted by Crippen LogP contribution is 2.33. The monoisotopic (exact) mass is 266 g/mol. The summed E-state index contributed by atoms with van der Waals surface area (Å²) >= 11 is 6.90. The van der Waals surface area contributed by atoms with Gasteiger partial charge in [-0.25, -0.2) is 9.97 Å². The van der Waals surface area contributed by atoms with Crippen LogP contribution in [0.3, 0.4) is 0 Å². The molecular weight excluding hydrogens is 261 g/mol. The highest BCUT2D eigenvalue weighted by atomic mass is 35.5. The lowest BCUT2D eigenvalue weighted by Gasteiger charge is -2.04. The van der Waals surface area contributed by atoms with E-state index in [1.54, 1.807) is 6.07 Å². The number of hydrogen-bond acceptors (Lipinski definition) is 3. The van der Waals surface area contributed by atoms with Crippen LogP contribution in [0.4, 0.5) is 13.2 Å².